The highest BCUT2D eigenvalue weighted by atomic mass is 79.9. The lowest BCUT2D eigenvalue weighted by molar-refractivity contribution is 0.512. The number of halogens is 2. The number of nitrogens with one attached hydrogen (secondary N) is 1. The average Bonchev–Trinajstić information content (AvgIpc) is 2.42. The lowest BCUT2D eigenvalue weighted by atomic mass is 9.90. The predicted molar refractivity (Wildman–Crippen MR) is 90.9 cm³/mol. The van der Waals surface area contributed by atoms with Crippen molar-refractivity contribution >= 4 is 15.9 Å². The molecule has 0 radical (unpaired) electrons. The molecule has 1 unspecified atom stereocenters. The first kappa shape index (κ1) is 16.7. The topological polar surface area (TPSA) is 12.0 Å². The van der Waals surface area contributed by atoms with E-state index in [2.05, 4.69) is 34.2 Å². The highest BCUT2D eigenvalue weighted by Gasteiger charge is 2.22. The third-order valence-electron chi connectivity index (χ3n) is 4.08. The van der Waals surface area contributed by atoms with Crippen LogP contribution in [-0.2, 0) is 0 Å². The van der Waals surface area contributed by atoms with Crippen molar-refractivity contribution in [3.05, 3.63) is 45.7 Å². The molecule has 0 fully saturated rings. The van der Waals surface area contributed by atoms with Gasteiger partial charge in [-0.3, -0.25) is 0 Å². The molecule has 0 saturated heterocycles. The molecule has 21 heavy (non-hydrogen) atoms. The molecule has 1 aromatic rings. The Morgan fingerprint density at radius 3 is 2.81 bits per heavy atom. The van der Waals surface area contributed by atoms with Gasteiger partial charge in [-0.15, -0.1) is 0 Å². The summed E-state index contributed by atoms with van der Waals surface area (Å²) in [7, 11) is 0. The van der Waals surface area contributed by atoms with Gasteiger partial charge in [0.1, 0.15) is 5.82 Å². The number of allylic oxidation sites excluding steroid dienone is 1. The van der Waals surface area contributed by atoms with Crippen LogP contribution in [-0.4, -0.2) is 6.54 Å². The van der Waals surface area contributed by atoms with Crippen molar-refractivity contribution in [2.75, 3.05) is 6.54 Å². The van der Waals surface area contributed by atoms with Crippen LogP contribution in [0.25, 0.3) is 0 Å². The van der Waals surface area contributed by atoms with Gasteiger partial charge in [0, 0.05) is 10.0 Å². The largest absolute Gasteiger partial charge is 0.306 e. The van der Waals surface area contributed by atoms with Crippen LogP contribution in [0.15, 0.2) is 34.3 Å². The first-order chi connectivity index (χ1) is 10.2. The highest BCUT2D eigenvalue weighted by molar-refractivity contribution is 9.10. The van der Waals surface area contributed by atoms with Crippen LogP contribution < -0.4 is 5.32 Å². The van der Waals surface area contributed by atoms with Gasteiger partial charge >= 0.3 is 0 Å². The van der Waals surface area contributed by atoms with Crippen LogP contribution in [0, 0.1) is 5.82 Å². The summed E-state index contributed by atoms with van der Waals surface area (Å²) in [6.45, 7) is 3.05. The lowest BCUT2D eigenvalue weighted by Crippen LogP contribution is -2.25. The van der Waals surface area contributed by atoms with E-state index in [9.17, 15) is 4.39 Å². The minimum Gasteiger partial charge on any atom is -0.306 e. The first-order valence-corrected chi connectivity index (χ1v) is 8.89. The summed E-state index contributed by atoms with van der Waals surface area (Å²) >= 11 is 3.53. The van der Waals surface area contributed by atoms with Gasteiger partial charge < -0.3 is 5.32 Å². The Bertz CT molecular complexity index is 464. The van der Waals surface area contributed by atoms with Crippen molar-refractivity contribution < 1.29 is 4.39 Å². The molecule has 0 heterocycles. The zero-order valence-corrected chi connectivity index (χ0v) is 14.4. The van der Waals surface area contributed by atoms with E-state index in [1.807, 2.05) is 6.07 Å². The Kier molecular flexibility index (Phi) is 6.91. The second-order valence-corrected chi connectivity index (χ2v) is 6.61. The summed E-state index contributed by atoms with van der Waals surface area (Å²) in [5.74, 6) is -0.124. The van der Waals surface area contributed by atoms with Crippen LogP contribution in [0.4, 0.5) is 4.39 Å². The highest BCUT2D eigenvalue weighted by Crippen LogP contribution is 2.34. The third-order valence-corrected chi connectivity index (χ3v) is 4.78. The Labute approximate surface area is 136 Å². The van der Waals surface area contributed by atoms with Crippen molar-refractivity contribution in [2.24, 2.45) is 0 Å². The number of hydrogen-bond acceptors (Lipinski definition) is 1. The minimum absolute atomic E-state index is 0.00127. The molecular weight excluding hydrogens is 329 g/mol. The van der Waals surface area contributed by atoms with E-state index in [4.69, 9.17) is 0 Å². The summed E-state index contributed by atoms with van der Waals surface area (Å²) in [4.78, 5) is 0. The molecule has 1 N–H and O–H groups in total. The fraction of sp³-hybridized carbons (Fsp3) is 0.556. The van der Waals surface area contributed by atoms with Gasteiger partial charge in [-0.1, -0.05) is 53.4 Å². The molecule has 1 aromatic carbocycles. The number of hydrogen-bond donors (Lipinski definition) is 1. The Morgan fingerprint density at radius 2 is 2.05 bits per heavy atom. The Balaban J connectivity index is 2.32. The van der Waals surface area contributed by atoms with Crippen molar-refractivity contribution in [1.29, 1.82) is 0 Å². The molecule has 1 aliphatic rings. The van der Waals surface area contributed by atoms with E-state index < -0.39 is 0 Å². The molecule has 0 spiro atoms. The Hall–Kier alpha value is -0.670. The van der Waals surface area contributed by atoms with Gasteiger partial charge in [0.25, 0.3) is 0 Å². The van der Waals surface area contributed by atoms with Crippen LogP contribution in [0.3, 0.4) is 0 Å². The summed E-state index contributed by atoms with van der Waals surface area (Å²) in [6, 6.07) is 5.25. The fourth-order valence-corrected chi connectivity index (χ4v) is 3.54. The maximum Gasteiger partial charge on any atom is 0.129 e. The van der Waals surface area contributed by atoms with Crippen molar-refractivity contribution in [2.45, 2.75) is 57.9 Å². The summed E-state index contributed by atoms with van der Waals surface area (Å²) in [6.07, 6.45) is 10.6. The molecule has 0 amide bonds. The van der Waals surface area contributed by atoms with E-state index in [1.165, 1.54) is 31.3 Å². The molecule has 0 aromatic heterocycles. The van der Waals surface area contributed by atoms with Gasteiger partial charge in [-0.25, -0.2) is 4.39 Å². The number of benzene rings is 1. The van der Waals surface area contributed by atoms with Gasteiger partial charge in [-0.2, -0.15) is 0 Å². The average molecular weight is 354 g/mol. The quantitative estimate of drug-likeness (QED) is 0.648. The van der Waals surface area contributed by atoms with Crippen LogP contribution in [0.2, 0.25) is 0 Å². The van der Waals surface area contributed by atoms with E-state index >= 15 is 0 Å². The minimum atomic E-state index is -0.124. The van der Waals surface area contributed by atoms with E-state index in [1.54, 1.807) is 12.1 Å². The second kappa shape index (κ2) is 8.70. The van der Waals surface area contributed by atoms with E-state index in [0.29, 0.717) is 0 Å². The molecular formula is C18H25BrFN. The third kappa shape index (κ3) is 4.65. The smallest absolute Gasteiger partial charge is 0.129 e. The predicted octanol–water partition coefficient (Wildman–Crippen LogP) is 5.91. The summed E-state index contributed by atoms with van der Waals surface area (Å²) in [5.41, 5.74) is 2.12. The van der Waals surface area contributed by atoms with Crippen molar-refractivity contribution in [3.63, 3.8) is 0 Å². The normalized spacial score (nSPS) is 20.2. The fourth-order valence-electron chi connectivity index (χ4n) is 2.97. The van der Waals surface area contributed by atoms with E-state index in [-0.39, 0.29) is 11.9 Å². The summed E-state index contributed by atoms with van der Waals surface area (Å²) < 4.78 is 15.2. The summed E-state index contributed by atoms with van der Waals surface area (Å²) in [5, 5.41) is 3.55. The van der Waals surface area contributed by atoms with E-state index in [0.717, 1.165) is 35.8 Å². The molecule has 0 bridgehead atoms. The molecule has 116 valence electrons. The zero-order chi connectivity index (χ0) is 15.1. The van der Waals surface area contributed by atoms with Crippen LogP contribution in [0.5, 0.6) is 0 Å². The molecule has 0 saturated carbocycles. The molecule has 0 aliphatic heterocycles. The van der Waals surface area contributed by atoms with Crippen LogP contribution in [0.1, 0.15) is 63.5 Å². The Morgan fingerprint density at radius 1 is 1.24 bits per heavy atom. The standard InChI is InChI=1S/C18H25BrFN/c1-2-13-21-18(14-9-6-4-3-5-7-10-14)17-15(19)11-8-12-16(17)20/h8-9,11-12,18,21H,2-7,10,13H2,1H3/b14-9+. The van der Waals surface area contributed by atoms with Crippen molar-refractivity contribution in [1.82, 2.24) is 5.32 Å². The molecule has 1 atom stereocenters. The molecule has 2 rings (SSSR count). The van der Waals surface area contributed by atoms with Gasteiger partial charge in [0.2, 0.25) is 0 Å². The SMILES string of the molecule is CCCNC(/C1=C/CCCCCC1)c1c(F)cccc1Br. The lowest BCUT2D eigenvalue weighted by Gasteiger charge is -2.25. The molecule has 1 nitrogen and oxygen atoms in total. The maximum absolute atomic E-state index is 14.4. The monoisotopic (exact) mass is 353 g/mol. The van der Waals surface area contributed by atoms with Gasteiger partial charge in [0.15, 0.2) is 0 Å². The zero-order valence-electron chi connectivity index (χ0n) is 12.8. The molecule has 1 aliphatic carbocycles. The second-order valence-electron chi connectivity index (χ2n) is 5.75. The number of rotatable bonds is 5. The molecule has 3 heteroatoms. The van der Waals surface area contributed by atoms with Crippen molar-refractivity contribution in [3.8, 4) is 0 Å². The van der Waals surface area contributed by atoms with Gasteiger partial charge in [-0.05, 0) is 50.8 Å². The first-order valence-electron chi connectivity index (χ1n) is 8.10. The van der Waals surface area contributed by atoms with Crippen LogP contribution >= 0.6 is 15.9 Å². The maximum atomic E-state index is 14.4. The van der Waals surface area contributed by atoms with Gasteiger partial charge in [0.05, 0.1) is 6.04 Å².